The zero-order valence-corrected chi connectivity index (χ0v) is 13.0. The van der Waals surface area contributed by atoms with E-state index in [0.717, 1.165) is 38.4 Å². The molecule has 6 atom stereocenters. The summed E-state index contributed by atoms with van der Waals surface area (Å²) in [6, 6.07) is 5.80. The number of phenols is 1. The summed E-state index contributed by atoms with van der Waals surface area (Å²) in [6.07, 6.45) is 5.52. The van der Waals surface area contributed by atoms with Crippen LogP contribution in [0.2, 0.25) is 0 Å². The van der Waals surface area contributed by atoms with E-state index in [9.17, 15) is 15.0 Å². The van der Waals surface area contributed by atoms with Crippen molar-refractivity contribution in [2.45, 2.75) is 51.0 Å². The third-order valence-corrected chi connectivity index (χ3v) is 6.93. The van der Waals surface area contributed by atoms with Crippen molar-refractivity contribution in [3.63, 3.8) is 0 Å². The molecule has 3 aliphatic carbocycles. The van der Waals surface area contributed by atoms with Crippen LogP contribution in [0.4, 0.5) is 0 Å². The second-order valence-electron chi connectivity index (χ2n) is 7.82. The lowest BCUT2D eigenvalue weighted by Crippen LogP contribution is -2.44. The van der Waals surface area contributed by atoms with E-state index < -0.39 is 6.10 Å². The van der Waals surface area contributed by atoms with Crippen molar-refractivity contribution in [1.82, 2.24) is 0 Å². The van der Waals surface area contributed by atoms with Crippen LogP contribution in [0.5, 0.6) is 5.75 Å². The maximum Gasteiger partial charge on any atom is 0.125 e. The first-order chi connectivity index (χ1) is 10.5. The van der Waals surface area contributed by atoms with Crippen molar-refractivity contribution >= 4 is 6.29 Å². The lowest BCUT2D eigenvalue weighted by molar-refractivity contribution is -0.115. The van der Waals surface area contributed by atoms with Gasteiger partial charge in [-0.25, -0.2) is 0 Å². The Morgan fingerprint density at radius 1 is 1.32 bits per heavy atom. The number of phenolic OH excluding ortho intramolecular Hbond substituents is 1. The highest BCUT2D eigenvalue weighted by Crippen LogP contribution is 2.61. The Balaban J connectivity index is 1.70. The van der Waals surface area contributed by atoms with E-state index in [4.69, 9.17) is 0 Å². The smallest absolute Gasteiger partial charge is 0.125 e. The molecule has 3 heteroatoms. The van der Waals surface area contributed by atoms with E-state index in [0.29, 0.717) is 23.5 Å². The number of rotatable bonds is 1. The van der Waals surface area contributed by atoms with Gasteiger partial charge >= 0.3 is 0 Å². The molecule has 2 N–H and O–H groups in total. The van der Waals surface area contributed by atoms with Gasteiger partial charge in [-0.1, -0.05) is 13.0 Å². The molecular formula is C19H24O3. The standard InChI is InChI=1S/C19H24O3/c1-19-7-6-15-14-5-3-13(21)8-11(14)2-4-16(15)17(19)9-12(10-20)18(19)22/h3,5,8,10,12,15-18,21-22H,2,4,6-7,9H2,1H3/t12-,15-,16-,17+,18+,19+/m1/s1. The number of fused-ring (bicyclic) bond motifs is 5. The van der Waals surface area contributed by atoms with Crippen molar-refractivity contribution in [2.24, 2.45) is 23.2 Å². The molecule has 0 amide bonds. The van der Waals surface area contributed by atoms with Crippen LogP contribution in [0.3, 0.4) is 0 Å². The molecule has 0 saturated heterocycles. The van der Waals surface area contributed by atoms with Crippen molar-refractivity contribution in [3.8, 4) is 5.75 Å². The van der Waals surface area contributed by atoms with Crippen LogP contribution in [0.1, 0.15) is 49.7 Å². The quantitative estimate of drug-likeness (QED) is 0.784. The third kappa shape index (κ3) is 1.81. The average Bonchev–Trinajstić information content (AvgIpc) is 2.78. The predicted molar refractivity (Wildman–Crippen MR) is 83.7 cm³/mol. The van der Waals surface area contributed by atoms with Crippen molar-refractivity contribution in [3.05, 3.63) is 29.3 Å². The highest BCUT2D eigenvalue weighted by atomic mass is 16.3. The SMILES string of the molecule is C[C@]12CC[C@@H]3c4ccc(O)cc4CC[C@H]3[C@@H]1C[C@H](C=O)[C@@H]2O. The molecule has 0 aliphatic heterocycles. The Morgan fingerprint density at radius 2 is 2.14 bits per heavy atom. The Kier molecular flexibility index (Phi) is 3.12. The van der Waals surface area contributed by atoms with Crippen LogP contribution in [0.15, 0.2) is 18.2 Å². The van der Waals surface area contributed by atoms with Gasteiger partial charge in [-0.15, -0.1) is 0 Å². The summed E-state index contributed by atoms with van der Waals surface area (Å²) in [6.45, 7) is 2.19. The lowest BCUT2D eigenvalue weighted by Gasteiger charge is -2.50. The molecule has 1 aromatic carbocycles. The minimum absolute atomic E-state index is 0.0961. The van der Waals surface area contributed by atoms with Gasteiger partial charge in [-0.3, -0.25) is 0 Å². The first-order valence-electron chi connectivity index (χ1n) is 8.50. The number of hydrogen-bond donors (Lipinski definition) is 2. The van der Waals surface area contributed by atoms with E-state index in [1.807, 2.05) is 6.07 Å². The van der Waals surface area contributed by atoms with Gasteiger partial charge in [0.2, 0.25) is 0 Å². The minimum atomic E-state index is -0.475. The minimum Gasteiger partial charge on any atom is -0.508 e. The lowest BCUT2D eigenvalue weighted by atomic mass is 9.55. The highest BCUT2D eigenvalue weighted by Gasteiger charge is 2.57. The zero-order valence-electron chi connectivity index (χ0n) is 13.0. The summed E-state index contributed by atoms with van der Waals surface area (Å²) in [5.74, 6) is 1.71. The Hall–Kier alpha value is -1.35. The Bertz CT molecular complexity index is 611. The Labute approximate surface area is 131 Å². The molecule has 22 heavy (non-hydrogen) atoms. The molecule has 2 fully saturated rings. The summed E-state index contributed by atoms with van der Waals surface area (Å²) >= 11 is 0. The normalized spacial score (nSPS) is 43.1. The highest BCUT2D eigenvalue weighted by molar-refractivity contribution is 5.56. The van der Waals surface area contributed by atoms with Gasteiger partial charge in [0.25, 0.3) is 0 Å². The van der Waals surface area contributed by atoms with Crippen LogP contribution >= 0.6 is 0 Å². The second kappa shape index (κ2) is 4.82. The summed E-state index contributed by atoms with van der Waals surface area (Å²) in [4.78, 5) is 11.3. The average molecular weight is 300 g/mol. The third-order valence-electron chi connectivity index (χ3n) is 6.93. The van der Waals surface area contributed by atoms with Gasteiger partial charge in [0.15, 0.2) is 0 Å². The number of aromatic hydroxyl groups is 1. The number of hydrogen-bond acceptors (Lipinski definition) is 3. The predicted octanol–water partition coefficient (Wildman–Crippen LogP) is 3.03. The van der Waals surface area contributed by atoms with Crippen LogP contribution in [-0.2, 0) is 11.2 Å². The van der Waals surface area contributed by atoms with Gasteiger partial charge in [0, 0.05) is 5.92 Å². The molecule has 0 radical (unpaired) electrons. The maximum atomic E-state index is 11.3. The molecule has 4 rings (SSSR count). The van der Waals surface area contributed by atoms with E-state index in [2.05, 4.69) is 13.0 Å². The molecule has 0 unspecified atom stereocenters. The molecule has 0 heterocycles. The molecule has 0 bridgehead atoms. The van der Waals surface area contributed by atoms with Crippen molar-refractivity contribution in [1.29, 1.82) is 0 Å². The number of carbonyl (C=O) groups excluding carboxylic acids is 1. The van der Waals surface area contributed by atoms with E-state index in [-0.39, 0.29) is 11.3 Å². The fraction of sp³-hybridized carbons (Fsp3) is 0.632. The first kappa shape index (κ1) is 14.3. The van der Waals surface area contributed by atoms with E-state index in [1.165, 1.54) is 11.1 Å². The molecule has 1 aromatic rings. The van der Waals surface area contributed by atoms with E-state index in [1.54, 1.807) is 6.07 Å². The van der Waals surface area contributed by atoms with Crippen LogP contribution in [-0.4, -0.2) is 22.6 Å². The van der Waals surface area contributed by atoms with Crippen LogP contribution < -0.4 is 0 Å². The molecule has 0 spiro atoms. The molecule has 3 aliphatic rings. The molecule has 0 aromatic heterocycles. The fourth-order valence-electron chi connectivity index (χ4n) is 5.77. The number of aryl methyl sites for hydroxylation is 1. The Morgan fingerprint density at radius 3 is 2.91 bits per heavy atom. The topological polar surface area (TPSA) is 57.5 Å². The number of aliphatic hydroxyl groups excluding tert-OH is 1. The van der Waals surface area contributed by atoms with Crippen molar-refractivity contribution < 1.29 is 15.0 Å². The second-order valence-corrected chi connectivity index (χ2v) is 7.82. The van der Waals surface area contributed by atoms with Crippen LogP contribution in [0, 0.1) is 23.2 Å². The summed E-state index contributed by atoms with van der Waals surface area (Å²) in [5.41, 5.74) is 2.58. The molecule has 2 saturated carbocycles. The van der Waals surface area contributed by atoms with Gasteiger partial charge < -0.3 is 15.0 Å². The number of aliphatic hydroxyl groups is 1. The van der Waals surface area contributed by atoms with Gasteiger partial charge in [-0.05, 0) is 78.5 Å². The summed E-state index contributed by atoms with van der Waals surface area (Å²) in [5, 5.41) is 20.3. The number of aldehydes is 1. The summed E-state index contributed by atoms with van der Waals surface area (Å²) in [7, 11) is 0. The van der Waals surface area contributed by atoms with Gasteiger partial charge in [0.05, 0.1) is 6.10 Å². The number of carbonyl (C=O) groups is 1. The zero-order chi connectivity index (χ0) is 15.5. The number of benzene rings is 1. The fourth-order valence-corrected chi connectivity index (χ4v) is 5.77. The van der Waals surface area contributed by atoms with Gasteiger partial charge in [0.1, 0.15) is 12.0 Å². The summed E-state index contributed by atoms with van der Waals surface area (Å²) < 4.78 is 0. The van der Waals surface area contributed by atoms with Crippen molar-refractivity contribution in [2.75, 3.05) is 0 Å². The largest absolute Gasteiger partial charge is 0.508 e. The van der Waals surface area contributed by atoms with E-state index >= 15 is 0 Å². The van der Waals surface area contributed by atoms with Gasteiger partial charge in [-0.2, -0.15) is 0 Å². The first-order valence-corrected chi connectivity index (χ1v) is 8.50. The monoisotopic (exact) mass is 300 g/mol. The molecule has 118 valence electrons. The molecular weight excluding hydrogens is 276 g/mol. The molecule has 3 nitrogen and oxygen atoms in total. The van der Waals surface area contributed by atoms with Crippen LogP contribution in [0.25, 0.3) is 0 Å². The maximum absolute atomic E-state index is 11.3.